The second-order valence-corrected chi connectivity index (χ2v) is 5.64. The van der Waals surface area contributed by atoms with E-state index in [2.05, 4.69) is 4.98 Å². The summed E-state index contributed by atoms with van der Waals surface area (Å²) < 4.78 is 0. The fraction of sp³-hybridized carbons (Fsp3) is 0.143. The van der Waals surface area contributed by atoms with Crippen molar-refractivity contribution in [2.24, 2.45) is 0 Å². The summed E-state index contributed by atoms with van der Waals surface area (Å²) >= 11 is 7.26. The van der Waals surface area contributed by atoms with Crippen LogP contribution in [0.25, 0.3) is 0 Å². The minimum atomic E-state index is -1.01. The summed E-state index contributed by atoms with van der Waals surface area (Å²) in [6.45, 7) is 4.02. The number of benzene rings is 1. The van der Waals surface area contributed by atoms with Gasteiger partial charge in [-0.25, -0.2) is 9.78 Å². The third kappa shape index (κ3) is 3.49. The molecule has 0 radical (unpaired) electrons. The van der Waals surface area contributed by atoms with Gasteiger partial charge < -0.3 is 5.11 Å². The topological polar surface area (TPSA) is 50.2 Å². The van der Waals surface area contributed by atoms with Crippen LogP contribution in [0.15, 0.2) is 40.3 Å². The number of carboxylic acid groups (broad SMARTS) is 1. The van der Waals surface area contributed by atoms with Crippen LogP contribution in [0.5, 0.6) is 0 Å². The Morgan fingerprint density at radius 2 is 2.00 bits per heavy atom. The average molecular weight is 294 g/mol. The maximum absolute atomic E-state index is 11.0. The SMILES string of the molecule is Cc1ccc(C)c(Sc2cc(C(=O)O)cc(Cl)n2)c1. The molecule has 0 spiro atoms. The van der Waals surface area contributed by atoms with Gasteiger partial charge >= 0.3 is 5.97 Å². The molecule has 1 aromatic carbocycles. The number of carbonyl (C=O) groups is 1. The van der Waals surface area contributed by atoms with E-state index in [0.717, 1.165) is 16.0 Å². The van der Waals surface area contributed by atoms with E-state index >= 15 is 0 Å². The van der Waals surface area contributed by atoms with Crippen LogP contribution in [0.4, 0.5) is 0 Å². The Balaban J connectivity index is 2.38. The van der Waals surface area contributed by atoms with Crippen molar-refractivity contribution in [2.45, 2.75) is 23.8 Å². The molecule has 1 N–H and O–H groups in total. The van der Waals surface area contributed by atoms with Gasteiger partial charge in [-0.05, 0) is 43.2 Å². The van der Waals surface area contributed by atoms with E-state index in [1.165, 1.54) is 23.9 Å². The van der Waals surface area contributed by atoms with E-state index in [-0.39, 0.29) is 10.7 Å². The lowest BCUT2D eigenvalue weighted by Gasteiger charge is -2.07. The first-order valence-electron chi connectivity index (χ1n) is 5.61. The van der Waals surface area contributed by atoms with Crippen molar-refractivity contribution < 1.29 is 9.90 Å². The first kappa shape index (κ1) is 13.9. The monoisotopic (exact) mass is 293 g/mol. The lowest BCUT2D eigenvalue weighted by atomic mass is 10.2. The molecule has 1 aromatic heterocycles. The number of aromatic nitrogens is 1. The number of halogens is 1. The number of rotatable bonds is 3. The minimum absolute atomic E-state index is 0.146. The van der Waals surface area contributed by atoms with Gasteiger partial charge in [0.05, 0.1) is 5.56 Å². The number of hydrogen-bond acceptors (Lipinski definition) is 3. The van der Waals surface area contributed by atoms with Gasteiger partial charge in [0, 0.05) is 4.90 Å². The molecule has 1 heterocycles. The second-order valence-electron chi connectivity index (χ2n) is 4.19. The molecule has 0 aliphatic rings. The van der Waals surface area contributed by atoms with Crippen LogP contribution >= 0.6 is 23.4 Å². The third-order valence-corrected chi connectivity index (χ3v) is 3.85. The Bertz CT molecular complexity index is 643. The van der Waals surface area contributed by atoms with Crippen molar-refractivity contribution in [3.63, 3.8) is 0 Å². The predicted octanol–water partition coefficient (Wildman–Crippen LogP) is 4.20. The highest BCUT2D eigenvalue weighted by atomic mass is 35.5. The lowest BCUT2D eigenvalue weighted by molar-refractivity contribution is 0.0696. The summed E-state index contributed by atoms with van der Waals surface area (Å²) in [6, 6.07) is 8.98. The Kier molecular flexibility index (Phi) is 4.12. The van der Waals surface area contributed by atoms with E-state index in [1.807, 2.05) is 32.0 Å². The summed E-state index contributed by atoms with van der Waals surface area (Å²) in [5.74, 6) is -1.01. The van der Waals surface area contributed by atoms with Crippen molar-refractivity contribution in [3.05, 3.63) is 52.2 Å². The van der Waals surface area contributed by atoms with Crippen LogP contribution in [-0.4, -0.2) is 16.1 Å². The van der Waals surface area contributed by atoms with Crippen LogP contribution in [0.1, 0.15) is 21.5 Å². The molecular formula is C14H12ClNO2S. The Hall–Kier alpha value is -1.52. The number of aryl methyl sites for hydroxylation is 2. The van der Waals surface area contributed by atoms with Crippen molar-refractivity contribution in [2.75, 3.05) is 0 Å². The molecule has 0 aliphatic heterocycles. The zero-order valence-corrected chi connectivity index (χ0v) is 12.0. The van der Waals surface area contributed by atoms with Gasteiger partial charge in [0.1, 0.15) is 10.2 Å². The molecule has 3 nitrogen and oxygen atoms in total. The highest BCUT2D eigenvalue weighted by Crippen LogP contribution is 2.31. The van der Waals surface area contributed by atoms with E-state index in [0.29, 0.717) is 5.03 Å². The summed E-state index contributed by atoms with van der Waals surface area (Å²) in [5.41, 5.74) is 2.41. The molecule has 0 saturated carbocycles. The molecule has 0 bridgehead atoms. The summed E-state index contributed by atoms with van der Waals surface area (Å²) in [4.78, 5) is 16.2. The van der Waals surface area contributed by atoms with Crippen molar-refractivity contribution >= 4 is 29.3 Å². The second kappa shape index (κ2) is 5.63. The highest BCUT2D eigenvalue weighted by molar-refractivity contribution is 7.99. The predicted molar refractivity (Wildman–Crippen MR) is 76.2 cm³/mol. The van der Waals surface area contributed by atoms with Crippen molar-refractivity contribution in [1.82, 2.24) is 4.98 Å². The van der Waals surface area contributed by atoms with Gasteiger partial charge in [-0.1, -0.05) is 35.5 Å². The van der Waals surface area contributed by atoms with Gasteiger partial charge in [-0.3, -0.25) is 0 Å². The van der Waals surface area contributed by atoms with Gasteiger partial charge in [0.2, 0.25) is 0 Å². The molecule has 19 heavy (non-hydrogen) atoms. The molecule has 0 amide bonds. The van der Waals surface area contributed by atoms with E-state index < -0.39 is 5.97 Å². The first-order valence-corrected chi connectivity index (χ1v) is 6.81. The molecule has 2 aromatic rings. The Labute approximate surface area is 120 Å². The number of carboxylic acids is 1. The number of nitrogens with zero attached hydrogens (tertiary/aromatic N) is 1. The van der Waals surface area contributed by atoms with Gasteiger partial charge in [-0.2, -0.15) is 0 Å². The molecular weight excluding hydrogens is 282 g/mol. The first-order chi connectivity index (χ1) is 8.95. The molecule has 98 valence electrons. The van der Waals surface area contributed by atoms with E-state index in [4.69, 9.17) is 16.7 Å². The summed E-state index contributed by atoms with van der Waals surface area (Å²) in [6.07, 6.45) is 0. The third-order valence-electron chi connectivity index (χ3n) is 2.58. The number of aromatic carboxylic acids is 1. The summed E-state index contributed by atoms with van der Waals surface area (Å²) in [7, 11) is 0. The molecule has 0 fully saturated rings. The van der Waals surface area contributed by atoms with E-state index in [1.54, 1.807) is 0 Å². The zero-order valence-electron chi connectivity index (χ0n) is 10.5. The number of hydrogen-bond donors (Lipinski definition) is 1. The molecule has 0 saturated heterocycles. The number of pyridine rings is 1. The quantitative estimate of drug-likeness (QED) is 0.862. The Morgan fingerprint density at radius 3 is 2.68 bits per heavy atom. The van der Waals surface area contributed by atoms with Gasteiger partial charge in [-0.15, -0.1) is 0 Å². The molecule has 2 rings (SSSR count). The molecule has 0 atom stereocenters. The fourth-order valence-corrected chi connectivity index (χ4v) is 2.87. The van der Waals surface area contributed by atoms with Crippen LogP contribution in [0.3, 0.4) is 0 Å². The minimum Gasteiger partial charge on any atom is -0.478 e. The maximum atomic E-state index is 11.0. The van der Waals surface area contributed by atoms with Gasteiger partial charge in [0.25, 0.3) is 0 Å². The smallest absolute Gasteiger partial charge is 0.335 e. The fourth-order valence-electron chi connectivity index (χ4n) is 1.58. The highest BCUT2D eigenvalue weighted by Gasteiger charge is 2.09. The molecule has 5 heteroatoms. The van der Waals surface area contributed by atoms with Crippen LogP contribution in [0, 0.1) is 13.8 Å². The standard InChI is InChI=1S/C14H12ClNO2S/c1-8-3-4-9(2)11(5-8)19-13-7-10(14(17)18)6-12(15)16-13/h3-7H,1-2H3,(H,17,18). The largest absolute Gasteiger partial charge is 0.478 e. The summed E-state index contributed by atoms with van der Waals surface area (Å²) in [5, 5.41) is 9.77. The van der Waals surface area contributed by atoms with E-state index in [9.17, 15) is 4.79 Å². The molecule has 0 unspecified atom stereocenters. The van der Waals surface area contributed by atoms with Crippen LogP contribution in [0.2, 0.25) is 5.15 Å². The lowest BCUT2D eigenvalue weighted by Crippen LogP contribution is -1.97. The Morgan fingerprint density at radius 1 is 1.26 bits per heavy atom. The van der Waals surface area contributed by atoms with Gasteiger partial charge in [0.15, 0.2) is 0 Å². The maximum Gasteiger partial charge on any atom is 0.335 e. The van der Waals surface area contributed by atoms with Crippen LogP contribution < -0.4 is 0 Å². The van der Waals surface area contributed by atoms with Crippen molar-refractivity contribution in [1.29, 1.82) is 0 Å². The zero-order chi connectivity index (χ0) is 14.0. The van der Waals surface area contributed by atoms with Crippen molar-refractivity contribution in [3.8, 4) is 0 Å². The molecule has 0 aliphatic carbocycles. The normalized spacial score (nSPS) is 10.5. The van der Waals surface area contributed by atoms with Crippen LogP contribution in [-0.2, 0) is 0 Å². The average Bonchev–Trinajstić information content (AvgIpc) is 2.33.